The third-order valence-corrected chi connectivity index (χ3v) is 10.1. The van der Waals surface area contributed by atoms with Crippen LogP contribution >= 0.6 is 0 Å². The number of hydrogen-bond acceptors (Lipinski definition) is 0. The van der Waals surface area contributed by atoms with Crippen LogP contribution in [0.5, 0.6) is 0 Å². The smallest absolute Gasteiger partial charge is 0.00527 e. The van der Waals surface area contributed by atoms with Crippen molar-refractivity contribution in [2.45, 2.75) is 62.7 Å². The Morgan fingerprint density at radius 3 is 2.20 bits per heavy atom. The van der Waals surface area contributed by atoms with Crippen LogP contribution in [0.2, 0.25) is 0 Å². The van der Waals surface area contributed by atoms with Crippen LogP contribution in [0.15, 0.2) is 54.6 Å². The molecule has 3 aromatic rings. The molecule has 0 nitrogen and oxygen atoms in total. The van der Waals surface area contributed by atoms with Crippen LogP contribution in [0.4, 0.5) is 0 Å². The predicted molar refractivity (Wildman–Crippen MR) is 124 cm³/mol. The molecule has 0 spiro atoms. The normalized spacial score (nSPS) is 37.4. The summed E-state index contributed by atoms with van der Waals surface area (Å²) >= 11 is 0. The molecule has 4 bridgehead atoms. The summed E-state index contributed by atoms with van der Waals surface area (Å²) in [4.78, 5) is 0. The van der Waals surface area contributed by atoms with Gasteiger partial charge in [0.05, 0.1) is 0 Å². The van der Waals surface area contributed by atoms with E-state index in [2.05, 4.69) is 54.6 Å². The fourth-order valence-corrected chi connectivity index (χ4v) is 8.97. The van der Waals surface area contributed by atoms with E-state index in [9.17, 15) is 0 Å². The molecule has 0 heterocycles. The summed E-state index contributed by atoms with van der Waals surface area (Å²) in [5.41, 5.74) is 8.47. The van der Waals surface area contributed by atoms with Gasteiger partial charge in [-0.1, -0.05) is 55.0 Å². The second-order valence-electron chi connectivity index (χ2n) is 11.3. The second-order valence-corrected chi connectivity index (χ2v) is 11.3. The van der Waals surface area contributed by atoms with Crippen molar-refractivity contribution < 1.29 is 0 Å². The quantitative estimate of drug-likeness (QED) is 0.415. The molecule has 150 valence electrons. The van der Waals surface area contributed by atoms with E-state index in [4.69, 9.17) is 0 Å². The molecule has 0 radical (unpaired) electrons. The topological polar surface area (TPSA) is 0 Å². The van der Waals surface area contributed by atoms with E-state index in [-0.39, 0.29) is 0 Å². The van der Waals surface area contributed by atoms with Gasteiger partial charge in [0.25, 0.3) is 0 Å². The highest BCUT2D eigenvalue weighted by Gasteiger charge is 2.58. The van der Waals surface area contributed by atoms with Crippen molar-refractivity contribution in [2.24, 2.45) is 23.7 Å². The van der Waals surface area contributed by atoms with Gasteiger partial charge in [0.15, 0.2) is 0 Å². The van der Waals surface area contributed by atoms with Gasteiger partial charge >= 0.3 is 0 Å². The second kappa shape index (κ2) is 5.78. The molecule has 7 atom stereocenters. The summed E-state index contributed by atoms with van der Waals surface area (Å²) in [5.74, 6) is 6.66. The zero-order valence-electron chi connectivity index (χ0n) is 17.7. The van der Waals surface area contributed by atoms with Crippen LogP contribution in [0.3, 0.4) is 0 Å². The molecule has 0 saturated heterocycles. The first-order valence-electron chi connectivity index (χ1n) is 12.5. The van der Waals surface area contributed by atoms with Crippen LogP contribution in [0.1, 0.15) is 79.4 Å². The maximum Gasteiger partial charge on any atom is -0.00527 e. The van der Waals surface area contributed by atoms with Gasteiger partial charge in [-0.3, -0.25) is 0 Å². The minimum atomic E-state index is 0.874. The van der Waals surface area contributed by atoms with Gasteiger partial charge in [-0.25, -0.2) is 0 Å². The van der Waals surface area contributed by atoms with E-state index in [0.717, 1.165) is 41.4 Å². The molecule has 30 heavy (non-hydrogen) atoms. The first-order valence-corrected chi connectivity index (χ1v) is 12.5. The average molecular weight is 391 g/mol. The molecule has 4 saturated carbocycles. The lowest BCUT2D eigenvalue weighted by Gasteiger charge is -2.47. The van der Waals surface area contributed by atoms with Crippen molar-refractivity contribution in [1.29, 1.82) is 0 Å². The first-order chi connectivity index (χ1) is 14.8. The van der Waals surface area contributed by atoms with E-state index >= 15 is 0 Å². The third kappa shape index (κ3) is 2.04. The van der Waals surface area contributed by atoms with Crippen molar-refractivity contribution in [3.63, 3.8) is 0 Å². The Labute approximate surface area is 179 Å². The Morgan fingerprint density at radius 2 is 1.40 bits per heavy atom. The molecule has 0 aliphatic heterocycles. The van der Waals surface area contributed by atoms with Crippen molar-refractivity contribution in [1.82, 2.24) is 0 Å². The summed E-state index contributed by atoms with van der Waals surface area (Å²) in [6.07, 6.45) is 10.5. The maximum atomic E-state index is 2.59. The van der Waals surface area contributed by atoms with Crippen molar-refractivity contribution >= 4 is 10.8 Å². The zero-order valence-corrected chi connectivity index (χ0v) is 17.7. The molecular formula is C30H30. The number of rotatable bonds is 2. The SMILES string of the molecule is c1ccc2cc(-c3ccc(C4CC5CCC4C5)c4c3C3C5CCC(C5)C43)ccc2c1. The minimum absolute atomic E-state index is 0.874. The monoisotopic (exact) mass is 390 g/mol. The largest absolute Gasteiger partial charge is 0.0616 e. The Hall–Kier alpha value is -2.08. The van der Waals surface area contributed by atoms with Crippen LogP contribution < -0.4 is 0 Å². The van der Waals surface area contributed by atoms with E-state index in [1.54, 1.807) is 16.7 Å². The highest BCUT2D eigenvalue weighted by Crippen LogP contribution is 2.71. The van der Waals surface area contributed by atoms with Crippen LogP contribution in [0.25, 0.3) is 21.9 Å². The van der Waals surface area contributed by atoms with Gasteiger partial charge < -0.3 is 0 Å². The van der Waals surface area contributed by atoms with Gasteiger partial charge in [0, 0.05) is 0 Å². The van der Waals surface area contributed by atoms with Gasteiger partial charge in [-0.15, -0.1) is 0 Å². The van der Waals surface area contributed by atoms with E-state index in [0.29, 0.717) is 0 Å². The third-order valence-electron chi connectivity index (χ3n) is 10.1. The average Bonchev–Trinajstić information content (AvgIpc) is 3.55. The Balaban J connectivity index is 1.31. The van der Waals surface area contributed by atoms with E-state index in [1.807, 2.05) is 5.56 Å². The molecule has 5 aliphatic carbocycles. The Bertz CT molecular complexity index is 1190. The molecule has 0 aromatic heterocycles. The maximum absolute atomic E-state index is 2.59. The molecule has 5 aliphatic rings. The van der Waals surface area contributed by atoms with Crippen LogP contribution in [-0.2, 0) is 0 Å². The first kappa shape index (κ1) is 16.6. The molecule has 0 N–H and O–H groups in total. The zero-order chi connectivity index (χ0) is 19.4. The molecular weight excluding hydrogens is 360 g/mol. The van der Waals surface area contributed by atoms with Crippen molar-refractivity contribution in [2.75, 3.05) is 0 Å². The Kier molecular flexibility index (Phi) is 3.20. The van der Waals surface area contributed by atoms with E-state index in [1.165, 1.54) is 61.3 Å². The lowest BCUT2D eigenvalue weighted by atomic mass is 9.57. The molecule has 8 rings (SSSR count). The van der Waals surface area contributed by atoms with Crippen molar-refractivity contribution in [3.05, 3.63) is 71.3 Å². The van der Waals surface area contributed by atoms with Crippen LogP contribution in [0, 0.1) is 23.7 Å². The Morgan fingerprint density at radius 1 is 0.600 bits per heavy atom. The summed E-state index contributed by atoms with van der Waals surface area (Å²) in [6.45, 7) is 0. The fourth-order valence-electron chi connectivity index (χ4n) is 8.97. The van der Waals surface area contributed by atoms with E-state index < -0.39 is 0 Å². The number of benzene rings is 3. The predicted octanol–water partition coefficient (Wildman–Crippen LogP) is 8.02. The van der Waals surface area contributed by atoms with Crippen molar-refractivity contribution in [3.8, 4) is 11.1 Å². The standard InChI is InChI=1S/C30H30/c1-2-4-19-15-21(8-7-18(19)3-1)24-11-12-25(26-14-17-5-6-20(26)13-17)30-28-23-10-9-22(16-23)27(28)29(24)30/h1-4,7-8,11-12,15,17,20,22-23,26-28H,5-6,9-10,13-14,16H2. The summed E-state index contributed by atoms with van der Waals surface area (Å²) < 4.78 is 0. The molecule has 4 fully saturated rings. The van der Waals surface area contributed by atoms with Gasteiger partial charge in [0.1, 0.15) is 0 Å². The highest BCUT2D eigenvalue weighted by molar-refractivity contribution is 5.88. The summed E-state index contributed by atoms with van der Waals surface area (Å²) in [5, 5.41) is 2.74. The fraction of sp³-hybridized carbons (Fsp3) is 0.467. The molecule has 0 amide bonds. The van der Waals surface area contributed by atoms with Gasteiger partial charge in [-0.05, 0) is 125 Å². The highest BCUT2D eigenvalue weighted by atomic mass is 14.6. The van der Waals surface area contributed by atoms with Gasteiger partial charge in [0.2, 0.25) is 0 Å². The van der Waals surface area contributed by atoms with Crippen LogP contribution in [-0.4, -0.2) is 0 Å². The minimum Gasteiger partial charge on any atom is -0.0616 e. The summed E-state index contributed by atoms with van der Waals surface area (Å²) in [6, 6.07) is 21.1. The number of fused-ring (bicyclic) bond motifs is 11. The molecule has 7 unspecified atom stereocenters. The number of hydrogen-bond donors (Lipinski definition) is 0. The lowest BCUT2D eigenvalue weighted by molar-refractivity contribution is 0.315. The van der Waals surface area contributed by atoms with Gasteiger partial charge in [-0.2, -0.15) is 0 Å². The molecule has 0 heteroatoms. The lowest BCUT2D eigenvalue weighted by Crippen LogP contribution is -2.33. The molecule has 3 aromatic carbocycles. The summed E-state index contributed by atoms with van der Waals surface area (Å²) in [7, 11) is 0.